The van der Waals surface area contributed by atoms with Crippen LogP contribution >= 0.6 is 23.4 Å². The van der Waals surface area contributed by atoms with Crippen LogP contribution in [-0.2, 0) is 9.59 Å². The van der Waals surface area contributed by atoms with Crippen LogP contribution in [0.2, 0.25) is 5.02 Å². The second-order valence-electron chi connectivity index (χ2n) is 3.49. The first-order valence-electron chi connectivity index (χ1n) is 5.09. The van der Waals surface area contributed by atoms with Gasteiger partial charge in [-0.15, -0.1) is 11.8 Å². The zero-order chi connectivity index (χ0) is 14.4. The molecular formula is C11H11ClN2O4S. The molecule has 0 aliphatic heterocycles. The molecule has 2 amide bonds. The van der Waals surface area contributed by atoms with Crippen molar-refractivity contribution in [3.8, 4) is 0 Å². The largest absolute Gasteiger partial charge is 0.481 e. The standard InChI is InChI=1S/C11H11ClN2O4S/c12-7-2-1-6(11(13)18)3-8(7)14-9(15)4-19-5-10(16)17/h1-3H,4-5H2,(H2,13,18)(H,14,15)(H,16,17). The van der Waals surface area contributed by atoms with Crippen molar-refractivity contribution in [2.75, 3.05) is 16.8 Å². The number of thioether (sulfide) groups is 1. The van der Waals surface area contributed by atoms with Crippen LogP contribution in [0.4, 0.5) is 5.69 Å². The van der Waals surface area contributed by atoms with Crippen LogP contribution in [0.3, 0.4) is 0 Å². The van der Waals surface area contributed by atoms with Crippen molar-refractivity contribution in [1.29, 1.82) is 0 Å². The number of aliphatic carboxylic acids is 1. The zero-order valence-electron chi connectivity index (χ0n) is 9.68. The topological polar surface area (TPSA) is 109 Å². The molecule has 6 nitrogen and oxygen atoms in total. The summed E-state index contributed by atoms with van der Waals surface area (Å²) in [6, 6.07) is 4.26. The zero-order valence-corrected chi connectivity index (χ0v) is 11.3. The van der Waals surface area contributed by atoms with Gasteiger partial charge in [-0.05, 0) is 18.2 Å². The summed E-state index contributed by atoms with van der Waals surface area (Å²) in [6.45, 7) is 0. The van der Waals surface area contributed by atoms with Crippen LogP contribution in [0, 0.1) is 0 Å². The summed E-state index contributed by atoms with van der Waals surface area (Å²) in [5.41, 5.74) is 5.60. The predicted molar refractivity (Wildman–Crippen MR) is 73.6 cm³/mol. The fourth-order valence-corrected chi connectivity index (χ4v) is 1.89. The van der Waals surface area contributed by atoms with E-state index >= 15 is 0 Å². The van der Waals surface area contributed by atoms with Gasteiger partial charge in [-0.2, -0.15) is 0 Å². The molecule has 0 saturated carbocycles. The summed E-state index contributed by atoms with van der Waals surface area (Å²) < 4.78 is 0. The Morgan fingerprint density at radius 3 is 2.58 bits per heavy atom. The van der Waals surface area contributed by atoms with Crippen LogP contribution < -0.4 is 11.1 Å². The van der Waals surface area contributed by atoms with Crippen LogP contribution in [0.1, 0.15) is 10.4 Å². The van der Waals surface area contributed by atoms with E-state index in [2.05, 4.69) is 5.32 Å². The maximum atomic E-state index is 11.5. The van der Waals surface area contributed by atoms with E-state index in [-0.39, 0.29) is 27.8 Å². The molecule has 0 atom stereocenters. The minimum Gasteiger partial charge on any atom is -0.481 e. The second-order valence-corrected chi connectivity index (χ2v) is 4.89. The van der Waals surface area contributed by atoms with E-state index < -0.39 is 17.8 Å². The minimum absolute atomic E-state index is 0.0244. The van der Waals surface area contributed by atoms with Crippen LogP contribution in [-0.4, -0.2) is 34.4 Å². The summed E-state index contributed by atoms with van der Waals surface area (Å²) >= 11 is 6.82. The summed E-state index contributed by atoms with van der Waals surface area (Å²) in [5, 5.41) is 11.2. The number of benzene rings is 1. The van der Waals surface area contributed by atoms with E-state index in [4.69, 9.17) is 22.4 Å². The molecule has 0 aliphatic rings. The first-order chi connectivity index (χ1) is 8.90. The Labute approximate surface area is 118 Å². The van der Waals surface area contributed by atoms with E-state index in [0.717, 1.165) is 11.8 Å². The van der Waals surface area contributed by atoms with Crippen LogP contribution in [0.25, 0.3) is 0 Å². The van der Waals surface area contributed by atoms with Gasteiger partial charge in [0, 0.05) is 5.56 Å². The van der Waals surface area contributed by atoms with Crippen molar-refractivity contribution in [1.82, 2.24) is 0 Å². The number of hydrogen-bond donors (Lipinski definition) is 3. The van der Waals surface area contributed by atoms with Crippen molar-refractivity contribution in [3.05, 3.63) is 28.8 Å². The lowest BCUT2D eigenvalue weighted by Crippen LogP contribution is -2.17. The van der Waals surface area contributed by atoms with Crippen molar-refractivity contribution in [2.24, 2.45) is 5.73 Å². The van der Waals surface area contributed by atoms with Gasteiger partial charge in [0.25, 0.3) is 0 Å². The number of hydrogen-bond acceptors (Lipinski definition) is 4. The van der Waals surface area contributed by atoms with Gasteiger partial charge in [0.2, 0.25) is 11.8 Å². The molecular weight excluding hydrogens is 292 g/mol. The SMILES string of the molecule is NC(=O)c1ccc(Cl)c(NC(=O)CSCC(=O)O)c1. The third kappa shape index (κ3) is 5.19. The Morgan fingerprint density at radius 1 is 1.32 bits per heavy atom. The number of carboxylic acids is 1. The summed E-state index contributed by atoms with van der Waals surface area (Å²) in [4.78, 5) is 32.8. The fourth-order valence-electron chi connectivity index (χ4n) is 1.19. The number of carbonyl (C=O) groups is 3. The smallest absolute Gasteiger partial charge is 0.313 e. The lowest BCUT2D eigenvalue weighted by molar-refractivity contribution is -0.133. The second kappa shape index (κ2) is 7.01. The molecule has 102 valence electrons. The average Bonchev–Trinajstić information content (AvgIpc) is 2.31. The molecule has 0 unspecified atom stereocenters. The van der Waals surface area contributed by atoms with Gasteiger partial charge in [0.15, 0.2) is 0 Å². The van der Waals surface area contributed by atoms with Crippen molar-refractivity contribution < 1.29 is 19.5 Å². The number of nitrogens with one attached hydrogen (secondary N) is 1. The van der Waals surface area contributed by atoms with Gasteiger partial charge in [0.1, 0.15) is 0 Å². The molecule has 1 rings (SSSR count). The molecule has 0 bridgehead atoms. The van der Waals surface area contributed by atoms with Crippen molar-refractivity contribution in [2.45, 2.75) is 0 Å². The normalized spacial score (nSPS) is 9.95. The van der Waals surface area contributed by atoms with Gasteiger partial charge in [-0.25, -0.2) is 0 Å². The van der Waals surface area contributed by atoms with Crippen LogP contribution in [0.5, 0.6) is 0 Å². The highest BCUT2D eigenvalue weighted by atomic mass is 35.5. The molecule has 1 aromatic rings. The highest BCUT2D eigenvalue weighted by Crippen LogP contribution is 2.23. The third-order valence-corrected chi connectivity index (χ3v) is 3.23. The number of rotatable bonds is 6. The number of halogens is 1. The molecule has 0 heterocycles. The monoisotopic (exact) mass is 302 g/mol. The van der Waals surface area contributed by atoms with Gasteiger partial charge >= 0.3 is 5.97 Å². The van der Waals surface area contributed by atoms with E-state index in [9.17, 15) is 14.4 Å². The molecule has 0 radical (unpaired) electrons. The Morgan fingerprint density at radius 2 is 2.00 bits per heavy atom. The van der Waals surface area contributed by atoms with E-state index in [1.165, 1.54) is 18.2 Å². The lowest BCUT2D eigenvalue weighted by Gasteiger charge is -2.08. The average molecular weight is 303 g/mol. The van der Waals surface area contributed by atoms with E-state index in [0.29, 0.717) is 0 Å². The molecule has 1 aromatic carbocycles. The van der Waals surface area contributed by atoms with Crippen LogP contribution in [0.15, 0.2) is 18.2 Å². The molecule has 0 fully saturated rings. The number of nitrogens with two attached hydrogens (primary N) is 1. The van der Waals surface area contributed by atoms with Crippen molar-refractivity contribution in [3.63, 3.8) is 0 Å². The van der Waals surface area contributed by atoms with Crippen molar-refractivity contribution >= 4 is 46.8 Å². The number of amides is 2. The van der Waals surface area contributed by atoms with Gasteiger partial charge in [0.05, 0.1) is 22.2 Å². The lowest BCUT2D eigenvalue weighted by atomic mass is 10.2. The first-order valence-corrected chi connectivity index (χ1v) is 6.62. The van der Waals surface area contributed by atoms with Gasteiger partial charge in [-0.3, -0.25) is 14.4 Å². The van der Waals surface area contributed by atoms with E-state index in [1.54, 1.807) is 0 Å². The van der Waals surface area contributed by atoms with Gasteiger partial charge < -0.3 is 16.2 Å². The quantitative estimate of drug-likeness (QED) is 0.731. The Balaban J connectivity index is 2.65. The summed E-state index contributed by atoms with van der Waals surface area (Å²) in [7, 11) is 0. The maximum absolute atomic E-state index is 11.5. The molecule has 0 spiro atoms. The third-order valence-electron chi connectivity index (χ3n) is 1.98. The van der Waals surface area contributed by atoms with Gasteiger partial charge in [-0.1, -0.05) is 11.6 Å². The Hall–Kier alpha value is -1.73. The number of anilines is 1. The molecule has 0 aliphatic carbocycles. The number of primary amides is 1. The minimum atomic E-state index is -0.994. The fraction of sp³-hybridized carbons (Fsp3) is 0.182. The summed E-state index contributed by atoms with van der Waals surface area (Å²) in [5.74, 6) is -2.22. The predicted octanol–water partition coefficient (Wildman–Crippen LogP) is 1.20. The maximum Gasteiger partial charge on any atom is 0.313 e. The molecule has 0 saturated heterocycles. The molecule has 8 heteroatoms. The Kier molecular flexibility index (Phi) is 5.65. The number of carboxylic acid groups (broad SMARTS) is 1. The highest BCUT2D eigenvalue weighted by molar-refractivity contribution is 8.00. The Bertz CT molecular complexity index is 521. The molecule has 4 N–H and O–H groups in total. The highest BCUT2D eigenvalue weighted by Gasteiger charge is 2.10. The van der Waals surface area contributed by atoms with E-state index in [1.807, 2.05) is 0 Å². The number of carbonyl (C=O) groups excluding carboxylic acids is 2. The molecule has 19 heavy (non-hydrogen) atoms. The molecule has 0 aromatic heterocycles. The first kappa shape index (κ1) is 15.3. The summed E-state index contributed by atoms with van der Waals surface area (Å²) in [6.07, 6.45) is 0.